The van der Waals surface area contributed by atoms with Gasteiger partial charge < -0.3 is 5.11 Å². The molecule has 0 saturated heterocycles. The molecule has 4 nitrogen and oxygen atoms in total. The second kappa shape index (κ2) is 17.3. The van der Waals surface area contributed by atoms with Crippen LogP contribution >= 0.6 is 0 Å². The SMILES string of the molecule is CCCC(O)CCCCCCCCCCCCCCCCS(=O)(=O)O. The molecule has 0 spiro atoms. The highest BCUT2D eigenvalue weighted by Gasteiger charge is 2.03. The summed E-state index contributed by atoms with van der Waals surface area (Å²) in [4.78, 5) is 0. The van der Waals surface area contributed by atoms with Gasteiger partial charge in [-0.2, -0.15) is 8.42 Å². The summed E-state index contributed by atoms with van der Waals surface area (Å²) >= 11 is 0. The van der Waals surface area contributed by atoms with Gasteiger partial charge in [0.15, 0.2) is 0 Å². The molecule has 0 aromatic rings. The fourth-order valence-corrected chi connectivity index (χ4v) is 3.83. The fraction of sp³-hybridized carbons (Fsp3) is 1.00. The molecule has 0 rings (SSSR count). The standard InChI is InChI=1S/C20H42O4S/c1-2-17-20(21)18-15-13-11-9-7-5-3-4-6-8-10-12-14-16-19-25(22,23)24/h20-21H,2-19H2,1H3,(H,22,23,24). The molecule has 1 atom stereocenters. The van der Waals surface area contributed by atoms with Crippen LogP contribution in [-0.2, 0) is 10.1 Å². The van der Waals surface area contributed by atoms with Crippen LogP contribution in [0.4, 0.5) is 0 Å². The quantitative estimate of drug-likeness (QED) is 0.217. The molecule has 25 heavy (non-hydrogen) atoms. The van der Waals surface area contributed by atoms with Gasteiger partial charge in [0, 0.05) is 0 Å². The predicted molar refractivity (Wildman–Crippen MR) is 107 cm³/mol. The van der Waals surface area contributed by atoms with Crippen molar-refractivity contribution in [1.82, 2.24) is 0 Å². The van der Waals surface area contributed by atoms with Crippen molar-refractivity contribution in [3.8, 4) is 0 Å². The third kappa shape index (κ3) is 21.8. The molecule has 2 N–H and O–H groups in total. The molecule has 152 valence electrons. The number of unbranched alkanes of at least 4 members (excludes halogenated alkanes) is 13. The minimum Gasteiger partial charge on any atom is -0.393 e. The number of aliphatic hydroxyl groups excluding tert-OH is 1. The Morgan fingerprint density at radius 1 is 0.640 bits per heavy atom. The lowest BCUT2D eigenvalue weighted by Gasteiger charge is -2.08. The molecule has 0 heterocycles. The van der Waals surface area contributed by atoms with Gasteiger partial charge in [-0.25, -0.2) is 0 Å². The van der Waals surface area contributed by atoms with E-state index in [2.05, 4.69) is 6.92 Å². The first kappa shape index (κ1) is 24.9. The van der Waals surface area contributed by atoms with E-state index in [-0.39, 0.29) is 11.9 Å². The second-order valence-corrected chi connectivity index (χ2v) is 9.04. The Kier molecular flexibility index (Phi) is 17.2. The average Bonchev–Trinajstić information content (AvgIpc) is 2.53. The summed E-state index contributed by atoms with van der Waals surface area (Å²) in [5.41, 5.74) is 0. The third-order valence-electron chi connectivity index (χ3n) is 4.81. The maximum absolute atomic E-state index is 10.6. The Morgan fingerprint density at radius 2 is 1.00 bits per heavy atom. The number of rotatable bonds is 19. The van der Waals surface area contributed by atoms with Crippen molar-refractivity contribution in [2.45, 2.75) is 122 Å². The fourth-order valence-electron chi connectivity index (χ4n) is 3.26. The van der Waals surface area contributed by atoms with Gasteiger partial charge in [-0.15, -0.1) is 0 Å². The van der Waals surface area contributed by atoms with Crippen molar-refractivity contribution in [1.29, 1.82) is 0 Å². The summed E-state index contributed by atoms with van der Waals surface area (Å²) in [7, 11) is -3.76. The maximum atomic E-state index is 10.6. The van der Waals surface area contributed by atoms with E-state index in [1.54, 1.807) is 0 Å². The number of hydrogen-bond acceptors (Lipinski definition) is 3. The van der Waals surface area contributed by atoms with Crippen LogP contribution in [0.5, 0.6) is 0 Å². The predicted octanol–water partition coefficient (Wildman–Crippen LogP) is 5.89. The first-order valence-electron chi connectivity index (χ1n) is 10.6. The molecule has 0 aromatic carbocycles. The molecule has 0 bridgehead atoms. The van der Waals surface area contributed by atoms with Crippen molar-refractivity contribution in [2.24, 2.45) is 0 Å². The Labute approximate surface area is 156 Å². The van der Waals surface area contributed by atoms with Crippen LogP contribution in [0.3, 0.4) is 0 Å². The highest BCUT2D eigenvalue weighted by atomic mass is 32.2. The lowest BCUT2D eigenvalue weighted by Crippen LogP contribution is -2.04. The Morgan fingerprint density at radius 3 is 1.36 bits per heavy atom. The van der Waals surface area contributed by atoms with Crippen LogP contribution in [0, 0.1) is 0 Å². The smallest absolute Gasteiger partial charge is 0.264 e. The van der Waals surface area contributed by atoms with Crippen molar-refractivity contribution < 1.29 is 18.1 Å². The van der Waals surface area contributed by atoms with E-state index in [0.717, 1.165) is 32.1 Å². The molecule has 0 aliphatic rings. The summed E-state index contributed by atoms with van der Waals surface area (Å²) in [6.45, 7) is 2.12. The first-order valence-corrected chi connectivity index (χ1v) is 12.2. The largest absolute Gasteiger partial charge is 0.393 e. The number of aliphatic hydroxyl groups is 1. The topological polar surface area (TPSA) is 74.6 Å². The van der Waals surface area contributed by atoms with Crippen LogP contribution in [0.15, 0.2) is 0 Å². The second-order valence-electron chi connectivity index (χ2n) is 7.47. The minimum absolute atomic E-state index is 0.0762. The van der Waals surface area contributed by atoms with Crippen LogP contribution in [0.25, 0.3) is 0 Å². The Hall–Kier alpha value is -0.130. The Balaban J connectivity index is 3.10. The van der Waals surface area contributed by atoms with Gasteiger partial charge in [0.1, 0.15) is 0 Å². The van der Waals surface area contributed by atoms with Gasteiger partial charge in [-0.05, 0) is 19.3 Å². The summed E-state index contributed by atoms with van der Waals surface area (Å²) in [6, 6.07) is 0. The zero-order valence-corrected chi connectivity index (χ0v) is 17.2. The van der Waals surface area contributed by atoms with E-state index >= 15 is 0 Å². The van der Waals surface area contributed by atoms with Gasteiger partial charge in [0.25, 0.3) is 10.1 Å². The lowest BCUT2D eigenvalue weighted by molar-refractivity contribution is 0.150. The normalized spacial score (nSPS) is 13.2. The van der Waals surface area contributed by atoms with Crippen molar-refractivity contribution in [3.05, 3.63) is 0 Å². The lowest BCUT2D eigenvalue weighted by atomic mass is 10.0. The van der Waals surface area contributed by atoms with Crippen LogP contribution in [0.2, 0.25) is 0 Å². The van der Waals surface area contributed by atoms with E-state index in [1.165, 1.54) is 70.6 Å². The van der Waals surface area contributed by atoms with E-state index in [1.807, 2.05) is 0 Å². The van der Waals surface area contributed by atoms with Gasteiger partial charge in [0.05, 0.1) is 11.9 Å². The maximum Gasteiger partial charge on any atom is 0.264 e. The molecule has 0 fully saturated rings. The van der Waals surface area contributed by atoms with Crippen molar-refractivity contribution in [2.75, 3.05) is 5.75 Å². The highest BCUT2D eigenvalue weighted by Crippen LogP contribution is 2.14. The van der Waals surface area contributed by atoms with Gasteiger partial charge in [-0.3, -0.25) is 4.55 Å². The summed E-state index contributed by atoms with van der Waals surface area (Å²) < 4.78 is 29.7. The highest BCUT2D eigenvalue weighted by molar-refractivity contribution is 7.85. The van der Waals surface area contributed by atoms with Crippen LogP contribution < -0.4 is 0 Å². The van der Waals surface area contributed by atoms with Crippen molar-refractivity contribution >= 4 is 10.1 Å². The number of hydrogen-bond donors (Lipinski definition) is 2. The monoisotopic (exact) mass is 378 g/mol. The summed E-state index contributed by atoms with van der Waals surface area (Å²) in [5.74, 6) is -0.0910. The van der Waals surface area contributed by atoms with Gasteiger partial charge in [-0.1, -0.05) is 96.8 Å². The molecular formula is C20H42O4S. The van der Waals surface area contributed by atoms with Crippen LogP contribution in [0.1, 0.15) is 116 Å². The van der Waals surface area contributed by atoms with E-state index in [4.69, 9.17) is 4.55 Å². The van der Waals surface area contributed by atoms with E-state index in [9.17, 15) is 13.5 Å². The zero-order valence-electron chi connectivity index (χ0n) is 16.4. The molecule has 5 heteroatoms. The molecule has 0 aliphatic heterocycles. The molecule has 0 aromatic heterocycles. The summed E-state index contributed by atoms with van der Waals surface area (Å²) in [6.07, 6.45) is 19.6. The van der Waals surface area contributed by atoms with Gasteiger partial charge >= 0.3 is 0 Å². The average molecular weight is 379 g/mol. The molecular weight excluding hydrogens is 336 g/mol. The van der Waals surface area contributed by atoms with E-state index < -0.39 is 10.1 Å². The summed E-state index contributed by atoms with van der Waals surface area (Å²) in [5, 5.41) is 9.65. The zero-order chi connectivity index (χ0) is 18.8. The Bertz CT molecular complexity index is 368. The molecule has 0 saturated carbocycles. The first-order chi connectivity index (χ1) is 12.0. The third-order valence-corrected chi connectivity index (χ3v) is 5.62. The minimum atomic E-state index is -3.76. The van der Waals surface area contributed by atoms with Crippen LogP contribution in [-0.4, -0.2) is 29.9 Å². The molecule has 0 amide bonds. The molecule has 0 aliphatic carbocycles. The van der Waals surface area contributed by atoms with Gasteiger partial charge in [0.2, 0.25) is 0 Å². The van der Waals surface area contributed by atoms with Crippen molar-refractivity contribution in [3.63, 3.8) is 0 Å². The molecule has 1 unspecified atom stereocenters. The molecule has 0 radical (unpaired) electrons. The van der Waals surface area contributed by atoms with E-state index in [0.29, 0.717) is 6.42 Å².